The van der Waals surface area contributed by atoms with Gasteiger partial charge in [-0.15, -0.1) is 0 Å². The van der Waals surface area contributed by atoms with Gasteiger partial charge >= 0.3 is 0 Å². The first-order valence-electron chi connectivity index (χ1n) is 6.22. The zero-order valence-corrected chi connectivity index (χ0v) is 11.3. The van der Waals surface area contributed by atoms with Crippen molar-refractivity contribution < 1.29 is 24.1 Å². The molecule has 1 aliphatic heterocycles. The van der Waals surface area contributed by atoms with Crippen LogP contribution < -0.4 is 16.3 Å². The highest BCUT2D eigenvalue weighted by molar-refractivity contribution is 6.11. The lowest BCUT2D eigenvalue weighted by Crippen LogP contribution is -2.68. The number of amides is 3. The zero-order valence-electron chi connectivity index (χ0n) is 11.3. The van der Waals surface area contributed by atoms with Gasteiger partial charge in [-0.05, 0) is 5.56 Å². The average molecular weight is 293 g/mol. The van der Waals surface area contributed by atoms with E-state index >= 15 is 0 Å². The topological polar surface area (TPSA) is 106 Å². The highest BCUT2D eigenvalue weighted by Gasteiger charge is 2.49. The van der Waals surface area contributed by atoms with Crippen LogP contribution in [0.5, 0.6) is 0 Å². The largest absolute Gasteiger partial charge is 0.342 e. The zero-order chi connectivity index (χ0) is 15.2. The fourth-order valence-corrected chi connectivity index (χ4v) is 1.86. The molecule has 1 aromatic carbocycles. The van der Waals surface area contributed by atoms with Gasteiger partial charge in [0.2, 0.25) is 5.91 Å². The molecule has 2 atom stereocenters. The van der Waals surface area contributed by atoms with E-state index in [4.69, 9.17) is 4.84 Å². The van der Waals surface area contributed by atoms with E-state index in [1.54, 1.807) is 0 Å². The van der Waals surface area contributed by atoms with Crippen LogP contribution in [0.2, 0.25) is 0 Å². The van der Waals surface area contributed by atoms with E-state index in [9.17, 15) is 14.4 Å². The Kier molecular flexibility index (Phi) is 4.85. The van der Waals surface area contributed by atoms with Crippen LogP contribution in [0.25, 0.3) is 0 Å². The molecule has 1 saturated heterocycles. The third-order valence-corrected chi connectivity index (χ3v) is 2.94. The molecule has 8 heteroatoms. The lowest BCUT2D eigenvalue weighted by atomic mass is 9.89. The van der Waals surface area contributed by atoms with E-state index in [0.717, 1.165) is 5.56 Å². The van der Waals surface area contributed by atoms with Crippen molar-refractivity contribution in [3.8, 4) is 0 Å². The Morgan fingerprint density at radius 3 is 2.52 bits per heavy atom. The first-order valence-corrected chi connectivity index (χ1v) is 6.22. The standard InChI is InChI=1S/C13H15N3O5/c1-20-15-13(19)10-9(11(17)14-10)12(18)16-21-7-8-5-3-2-4-6-8/h2-6,9-10H,7H2,1H3,(H,14,17)(H,15,19)(H,16,18). The summed E-state index contributed by atoms with van der Waals surface area (Å²) in [6, 6.07) is 8.24. The molecule has 3 amide bonds. The molecule has 8 nitrogen and oxygen atoms in total. The van der Waals surface area contributed by atoms with Gasteiger partial charge in [-0.2, -0.15) is 0 Å². The van der Waals surface area contributed by atoms with Crippen molar-refractivity contribution in [2.45, 2.75) is 12.6 Å². The van der Waals surface area contributed by atoms with Crippen LogP contribution in [0.3, 0.4) is 0 Å². The van der Waals surface area contributed by atoms with Crippen LogP contribution in [0.15, 0.2) is 30.3 Å². The van der Waals surface area contributed by atoms with Gasteiger partial charge < -0.3 is 5.32 Å². The summed E-state index contributed by atoms with van der Waals surface area (Å²) >= 11 is 0. The number of carbonyl (C=O) groups excluding carboxylic acids is 3. The van der Waals surface area contributed by atoms with Gasteiger partial charge in [0.05, 0.1) is 13.7 Å². The van der Waals surface area contributed by atoms with Crippen molar-refractivity contribution in [2.75, 3.05) is 7.11 Å². The van der Waals surface area contributed by atoms with Crippen molar-refractivity contribution >= 4 is 17.7 Å². The molecule has 3 N–H and O–H groups in total. The van der Waals surface area contributed by atoms with E-state index in [1.165, 1.54) is 7.11 Å². The fourth-order valence-electron chi connectivity index (χ4n) is 1.86. The Morgan fingerprint density at radius 1 is 1.19 bits per heavy atom. The van der Waals surface area contributed by atoms with Gasteiger partial charge in [0.1, 0.15) is 12.0 Å². The third kappa shape index (κ3) is 3.56. The van der Waals surface area contributed by atoms with Gasteiger partial charge in [0.15, 0.2) is 0 Å². The van der Waals surface area contributed by atoms with E-state index in [-0.39, 0.29) is 6.61 Å². The van der Waals surface area contributed by atoms with Crippen LogP contribution in [0, 0.1) is 5.92 Å². The van der Waals surface area contributed by atoms with Gasteiger partial charge in [-0.25, -0.2) is 11.0 Å². The monoisotopic (exact) mass is 293 g/mol. The molecule has 0 aliphatic carbocycles. The summed E-state index contributed by atoms with van der Waals surface area (Å²) in [7, 11) is 1.26. The molecular formula is C13H15N3O5. The maximum atomic E-state index is 11.8. The SMILES string of the molecule is CONC(=O)C1NC(=O)C1C(=O)NOCc1ccccc1. The summed E-state index contributed by atoms with van der Waals surface area (Å²) in [5, 5.41) is 2.32. The predicted octanol–water partition coefficient (Wildman–Crippen LogP) is -0.973. The van der Waals surface area contributed by atoms with Crippen molar-refractivity contribution in [3.63, 3.8) is 0 Å². The Labute approximate surface area is 120 Å². The summed E-state index contributed by atoms with van der Waals surface area (Å²) in [6.07, 6.45) is 0. The average Bonchev–Trinajstić information content (AvgIpc) is 2.46. The highest BCUT2D eigenvalue weighted by Crippen LogP contribution is 2.15. The molecule has 0 aromatic heterocycles. The smallest absolute Gasteiger partial charge is 0.267 e. The van der Waals surface area contributed by atoms with Gasteiger partial charge in [0, 0.05) is 0 Å². The molecule has 0 radical (unpaired) electrons. The van der Waals surface area contributed by atoms with Gasteiger partial charge in [-0.3, -0.25) is 24.1 Å². The fraction of sp³-hybridized carbons (Fsp3) is 0.308. The number of hydrogen-bond donors (Lipinski definition) is 3. The normalized spacial score (nSPS) is 20.1. The lowest BCUT2D eigenvalue weighted by Gasteiger charge is -2.33. The van der Waals surface area contributed by atoms with E-state index < -0.39 is 29.7 Å². The molecule has 1 fully saturated rings. The Bertz CT molecular complexity index is 534. The number of carbonyl (C=O) groups is 3. The Balaban J connectivity index is 1.82. The second-order valence-electron chi connectivity index (χ2n) is 4.37. The highest BCUT2D eigenvalue weighted by atomic mass is 16.7. The van der Waals surface area contributed by atoms with Crippen molar-refractivity contribution in [1.29, 1.82) is 0 Å². The lowest BCUT2D eigenvalue weighted by molar-refractivity contribution is -0.159. The van der Waals surface area contributed by atoms with Gasteiger partial charge in [-0.1, -0.05) is 30.3 Å². The maximum absolute atomic E-state index is 11.8. The number of rotatable bonds is 6. The van der Waals surface area contributed by atoms with Gasteiger partial charge in [0.25, 0.3) is 11.8 Å². The molecule has 112 valence electrons. The molecule has 1 aliphatic rings. The molecule has 1 heterocycles. The number of β-lactam (4-membered cyclic amide) rings is 1. The summed E-state index contributed by atoms with van der Waals surface area (Å²) in [5.74, 6) is -2.94. The van der Waals surface area contributed by atoms with E-state index in [1.807, 2.05) is 30.3 Å². The molecule has 2 unspecified atom stereocenters. The maximum Gasteiger partial charge on any atom is 0.267 e. The van der Waals surface area contributed by atoms with Crippen LogP contribution in [0.1, 0.15) is 5.56 Å². The van der Waals surface area contributed by atoms with Crippen molar-refractivity contribution in [2.24, 2.45) is 5.92 Å². The number of nitrogens with one attached hydrogen (secondary N) is 3. The summed E-state index contributed by atoms with van der Waals surface area (Å²) in [6.45, 7) is 0.163. The molecule has 0 bridgehead atoms. The molecule has 2 rings (SSSR count). The number of hydroxylamine groups is 2. The minimum atomic E-state index is -1.13. The minimum absolute atomic E-state index is 0.163. The van der Waals surface area contributed by atoms with E-state index in [0.29, 0.717) is 0 Å². The summed E-state index contributed by atoms with van der Waals surface area (Å²) in [5.41, 5.74) is 5.10. The molecule has 0 saturated carbocycles. The Hall–Kier alpha value is -2.45. The second-order valence-corrected chi connectivity index (χ2v) is 4.37. The summed E-state index contributed by atoms with van der Waals surface area (Å²) in [4.78, 5) is 44.2. The first kappa shape index (κ1) is 14.9. The second kappa shape index (κ2) is 6.82. The minimum Gasteiger partial charge on any atom is -0.342 e. The van der Waals surface area contributed by atoms with E-state index in [2.05, 4.69) is 21.1 Å². The first-order chi connectivity index (χ1) is 10.1. The van der Waals surface area contributed by atoms with Crippen LogP contribution in [-0.2, 0) is 30.7 Å². The van der Waals surface area contributed by atoms with Crippen molar-refractivity contribution in [3.05, 3.63) is 35.9 Å². The Morgan fingerprint density at radius 2 is 1.90 bits per heavy atom. The van der Waals surface area contributed by atoms with Crippen LogP contribution >= 0.6 is 0 Å². The van der Waals surface area contributed by atoms with Crippen LogP contribution in [0.4, 0.5) is 0 Å². The molecule has 1 aromatic rings. The van der Waals surface area contributed by atoms with Crippen molar-refractivity contribution in [1.82, 2.24) is 16.3 Å². The molecular weight excluding hydrogens is 278 g/mol. The third-order valence-electron chi connectivity index (χ3n) is 2.94. The molecule has 0 spiro atoms. The number of hydrogen-bond acceptors (Lipinski definition) is 5. The predicted molar refractivity (Wildman–Crippen MR) is 69.9 cm³/mol. The van der Waals surface area contributed by atoms with Crippen LogP contribution in [-0.4, -0.2) is 30.9 Å². The summed E-state index contributed by atoms with van der Waals surface area (Å²) < 4.78 is 0. The number of benzene rings is 1. The molecule has 21 heavy (non-hydrogen) atoms. The quantitative estimate of drug-likeness (QED) is 0.355.